The molecular weight excluding hydrogens is 228 g/mol. The Bertz CT molecular complexity index is 414. The minimum absolute atomic E-state index is 0.284. The van der Waals surface area contributed by atoms with E-state index in [9.17, 15) is 4.79 Å². The lowest BCUT2D eigenvalue weighted by Gasteiger charge is -2.23. The van der Waals surface area contributed by atoms with Crippen LogP contribution >= 0.6 is 0 Å². The molecule has 1 aromatic rings. The van der Waals surface area contributed by atoms with Gasteiger partial charge >= 0.3 is 0 Å². The highest BCUT2D eigenvalue weighted by Gasteiger charge is 2.29. The second-order valence-electron chi connectivity index (χ2n) is 4.77. The minimum atomic E-state index is -0.302. The minimum Gasteiger partial charge on any atom is -0.495 e. The molecule has 1 fully saturated rings. The van der Waals surface area contributed by atoms with Gasteiger partial charge in [0.2, 0.25) is 5.91 Å². The van der Waals surface area contributed by atoms with E-state index in [1.807, 2.05) is 24.3 Å². The molecule has 1 aliphatic carbocycles. The van der Waals surface area contributed by atoms with Crippen molar-refractivity contribution in [2.75, 3.05) is 12.4 Å². The predicted molar refractivity (Wildman–Crippen MR) is 71.6 cm³/mol. The lowest BCUT2D eigenvalue weighted by Crippen LogP contribution is -2.40. The summed E-state index contributed by atoms with van der Waals surface area (Å²) in [6, 6.07) is 7.29. The first kappa shape index (κ1) is 12.7. The fraction of sp³-hybridized carbons (Fsp3) is 0.500. The summed E-state index contributed by atoms with van der Waals surface area (Å²) in [5.74, 6) is 0.793. The summed E-state index contributed by atoms with van der Waals surface area (Å²) >= 11 is 0. The van der Waals surface area contributed by atoms with E-state index in [4.69, 9.17) is 10.5 Å². The Morgan fingerprint density at radius 1 is 1.39 bits per heavy atom. The predicted octanol–water partition coefficient (Wildman–Crippen LogP) is 2.15. The van der Waals surface area contributed by atoms with Crippen LogP contribution in [-0.2, 0) is 4.79 Å². The summed E-state index contributed by atoms with van der Waals surface area (Å²) in [6.45, 7) is 0. The zero-order valence-corrected chi connectivity index (χ0v) is 10.7. The first-order valence-corrected chi connectivity index (χ1v) is 6.41. The molecule has 4 heteroatoms. The maximum atomic E-state index is 11.6. The number of hydrogen-bond donors (Lipinski definition) is 2. The summed E-state index contributed by atoms with van der Waals surface area (Å²) in [5.41, 5.74) is 6.34. The van der Waals surface area contributed by atoms with Crippen molar-refractivity contribution in [1.29, 1.82) is 0 Å². The zero-order chi connectivity index (χ0) is 13.0. The number of para-hydroxylation sites is 2. The number of carbonyl (C=O) groups excluding carboxylic acids is 1. The van der Waals surface area contributed by atoms with Gasteiger partial charge < -0.3 is 15.8 Å². The first-order chi connectivity index (χ1) is 8.72. The number of rotatable bonds is 5. The van der Waals surface area contributed by atoms with E-state index in [1.54, 1.807) is 7.11 Å². The van der Waals surface area contributed by atoms with Gasteiger partial charge in [-0.2, -0.15) is 0 Å². The topological polar surface area (TPSA) is 64.3 Å². The molecule has 1 aromatic carbocycles. The number of ether oxygens (including phenoxy) is 1. The van der Waals surface area contributed by atoms with E-state index < -0.39 is 0 Å². The van der Waals surface area contributed by atoms with Gasteiger partial charge in [0.1, 0.15) is 11.8 Å². The van der Waals surface area contributed by atoms with E-state index in [2.05, 4.69) is 5.32 Å². The van der Waals surface area contributed by atoms with Gasteiger partial charge in [0.15, 0.2) is 0 Å². The van der Waals surface area contributed by atoms with Crippen molar-refractivity contribution >= 4 is 11.6 Å². The molecule has 2 rings (SSSR count). The number of nitrogens with one attached hydrogen (secondary N) is 1. The van der Waals surface area contributed by atoms with Crippen molar-refractivity contribution in [2.24, 2.45) is 11.7 Å². The summed E-state index contributed by atoms with van der Waals surface area (Å²) in [4.78, 5) is 11.6. The third kappa shape index (κ3) is 2.75. The Balaban J connectivity index is 2.15. The molecule has 0 radical (unpaired) electrons. The second-order valence-corrected chi connectivity index (χ2v) is 4.77. The average molecular weight is 248 g/mol. The molecule has 1 amide bonds. The van der Waals surface area contributed by atoms with Gasteiger partial charge in [0.05, 0.1) is 12.8 Å². The van der Waals surface area contributed by atoms with Crippen molar-refractivity contribution in [3.8, 4) is 5.75 Å². The molecular formula is C14H20N2O2. The van der Waals surface area contributed by atoms with Crippen LogP contribution in [0.2, 0.25) is 0 Å². The molecule has 1 atom stereocenters. The molecule has 4 nitrogen and oxygen atoms in total. The molecule has 1 saturated carbocycles. The highest BCUT2D eigenvalue weighted by atomic mass is 16.5. The Hall–Kier alpha value is -1.71. The van der Waals surface area contributed by atoms with Gasteiger partial charge in [0.25, 0.3) is 0 Å². The van der Waals surface area contributed by atoms with E-state index in [1.165, 1.54) is 12.8 Å². The van der Waals surface area contributed by atoms with Gasteiger partial charge in [0, 0.05) is 0 Å². The zero-order valence-electron chi connectivity index (χ0n) is 10.7. The number of benzene rings is 1. The van der Waals surface area contributed by atoms with Gasteiger partial charge in [-0.15, -0.1) is 0 Å². The monoisotopic (exact) mass is 248 g/mol. The highest BCUT2D eigenvalue weighted by Crippen LogP contribution is 2.31. The van der Waals surface area contributed by atoms with Crippen molar-refractivity contribution in [3.63, 3.8) is 0 Å². The van der Waals surface area contributed by atoms with Crippen LogP contribution < -0.4 is 15.8 Å². The van der Waals surface area contributed by atoms with Crippen molar-refractivity contribution in [3.05, 3.63) is 24.3 Å². The average Bonchev–Trinajstić information content (AvgIpc) is 2.89. The van der Waals surface area contributed by atoms with Crippen LogP contribution in [0.25, 0.3) is 0 Å². The molecule has 1 unspecified atom stereocenters. The number of carbonyl (C=O) groups is 1. The Morgan fingerprint density at radius 2 is 2.06 bits per heavy atom. The molecule has 0 saturated heterocycles. The smallest absolute Gasteiger partial charge is 0.240 e. The van der Waals surface area contributed by atoms with E-state index in [-0.39, 0.29) is 11.9 Å². The number of methoxy groups -OCH3 is 1. The van der Waals surface area contributed by atoms with Crippen LogP contribution in [0.5, 0.6) is 5.75 Å². The fourth-order valence-electron chi connectivity index (χ4n) is 2.64. The lowest BCUT2D eigenvalue weighted by molar-refractivity contribution is -0.119. The molecule has 98 valence electrons. The standard InChI is InChI=1S/C14H20N2O2/c1-18-12-9-5-4-8-11(12)16-13(14(15)17)10-6-2-3-7-10/h4-5,8-10,13,16H,2-3,6-7H2,1H3,(H2,15,17). The van der Waals surface area contributed by atoms with Crippen LogP contribution in [0.15, 0.2) is 24.3 Å². The molecule has 0 bridgehead atoms. The van der Waals surface area contributed by atoms with Crippen LogP contribution in [0, 0.1) is 5.92 Å². The SMILES string of the molecule is COc1ccccc1NC(C(N)=O)C1CCCC1. The van der Waals surface area contributed by atoms with Crippen LogP contribution in [-0.4, -0.2) is 19.1 Å². The summed E-state index contributed by atoms with van der Waals surface area (Å²) in [6.07, 6.45) is 4.50. The highest BCUT2D eigenvalue weighted by molar-refractivity contribution is 5.84. The van der Waals surface area contributed by atoms with Crippen LogP contribution in [0.1, 0.15) is 25.7 Å². The van der Waals surface area contributed by atoms with Crippen molar-refractivity contribution in [1.82, 2.24) is 0 Å². The third-order valence-electron chi connectivity index (χ3n) is 3.60. The molecule has 18 heavy (non-hydrogen) atoms. The summed E-state index contributed by atoms with van der Waals surface area (Å²) in [7, 11) is 1.62. The number of primary amides is 1. The molecule has 0 heterocycles. The Kier molecular flexibility index (Phi) is 4.07. The molecule has 0 aromatic heterocycles. The number of amides is 1. The van der Waals surface area contributed by atoms with Crippen LogP contribution in [0.3, 0.4) is 0 Å². The largest absolute Gasteiger partial charge is 0.495 e. The summed E-state index contributed by atoms with van der Waals surface area (Å²) in [5, 5.41) is 3.24. The maximum absolute atomic E-state index is 11.6. The fourth-order valence-corrected chi connectivity index (χ4v) is 2.64. The Labute approximate surface area is 108 Å². The van der Waals surface area contributed by atoms with Crippen molar-refractivity contribution in [2.45, 2.75) is 31.7 Å². The first-order valence-electron chi connectivity index (χ1n) is 6.41. The molecule has 3 N–H and O–H groups in total. The van der Waals surface area contributed by atoms with Gasteiger partial charge in [-0.05, 0) is 30.9 Å². The lowest BCUT2D eigenvalue weighted by atomic mass is 9.97. The number of hydrogen-bond acceptors (Lipinski definition) is 3. The van der Waals surface area contributed by atoms with Gasteiger partial charge in [-0.1, -0.05) is 25.0 Å². The molecule has 0 spiro atoms. The van der Waals surface area contributed by atoms with Crippen LogP contribution in [0.4, 0.5) is 5.69 Å². The van der Waals surface area contributed by atoms with Crippen molar-refractivity contribution < 1.29 is 9.53 Å². The quantitative estimate of drug-likeness (QED) is 0.839. The normalized spacial score (nSPS) is 17.4. The Morgan fingerprint density at radius 3 is 2.67 bits per heavy atom. The van der Waals surface area contributed by atoms with E-state index >= 15 is 0 Å². The number of nitrogens with two attached hydrogens (primary N) is 1. The molecule has 0 aliphatic heterocycles. The van der Waals surface area contributed by atoms with E-state index in [0.717, 1.165) is 24.3 Å². The third-order valence-corrected chi connectivity index (χ3v) is 3.60. The molecule has 1 aliphatic rings. The van der Waals surface area contributed by atoms with E-state index in [0.29, 0.717) is 5.92 Å². The summed E-state index contributed by atoms with van der Waals surface area (Å²) < 4.78 is 5.27. The van der Waals surface area contributed by atoms with Gasteiger partial charge in [-0.3, -0.25) is 4.79 Å². The number of anilines is 1. The second kappa shape index (κ2) is 5.76. The van der Waals surface area contributed by atoms with Gasteiger partial charge in [-0.25, -0.2) is 0 Å². The maximum Gasteiger partial charge on any atom is 0.240 e.